The number of benzene rings is 1. The van der Waals surface area contributed by atoms with Gasteiger partial charge in [0.05, 0.1) is 17.4 Å². The zero-order valence-electron chi connectivity index (χ0n) is 15.8. The minimum atomic E-state index is -3.92. The van der Waals surface area contributed by atoms with Crippen molar-refractivity contribution < 1.29 is 22.7 Å². The third-order valence-electron chi connectivity index (χ3n) is 5.20. The molecule has 1 aliphatic heterocycles. The summed E-state index contributed by atoms with van der Waals surface area (Å²) in [5, 5.41) is 3.23. The second-order valence-electron chi connectivity index (χ2n) is 7.19. The zero-order valence-corrected chi connectivity index (χ0v) is 17.3. The maximum atomic E-state index is 13.4. The standard InChI is InChI=1S/C19H25ClN2O5S/c1-2-27-19(24)16-11-13(16)12-22(17-5-3-4-10-21-18(17)23)28(25,26)15-8-6-14(20)7-9-15/h6-9,13,16-17H,2-5,10-12H2,1H3,(H,21,23)/t13?,16?,17-/m1/s1. The van der Waals surface area contributed by atoms with E-state index in [9.17, 15) is 18.0 Å². The number of carbonyl (C=O) groups excluding carboxylic acids is 2. The van der Waals surface area contributed by atoms with Crippen LogP contribution in [0.25, 0.3) is 0 Å². The lowest BCUT2D eigenvalue weighted by Crippen LogP contribution is -2.49. The van der Waals surface area contributed by atoms with Crippen molar-refractivity contribution in [1.29, 1.82) is 0 Å². The van der Waals surface area contributed by atoms with Crippen molar-refractivity contribution in [3.63, 3.8) is 0 Å². The maximum Gasteiger partial charge on any atom is 0.309 e. The van der Waals surface area contributed by atoms with Crippen LogP contribution in [0.3, 0.4) is 0 Å². The summed E-state index contributed by atoms with van der Waals surface area (Å²) in [6, 6.07) is 5.12. The van der Waals surface area contributed by atoms with Crippen LogP contribution < -0.4 is 5.32 Å². The predicted molar refractivity (Wildman–Crippen MR) is 104 cm³/mol. The number of nitrogens with zero attached hydrogens (tertiary/aromatic N) is 1. The second-order valence-corrected chi connectivity index (χ2v) is 9.51. The Balaban J connectivity index is 1.87. The molecule has 154 valence electrons. The fraction of sp³-hybridized carbons (Fsp3) is 0.579. The molecule has 1 saturated heterocycles. The summed E-state index contributed by atoms with van der Waals surface area (Å²) in [5.41, 5.74) is 0. The summed E-state index contributed by atoms with van der Waals surface area (Å²) in [5.74, 6) is -1.04. The Kier molecular flexibility index (Phi) is 6.62. The predicted octanol–water partition coefficient (Wildman–Crippen LogP) is 2.20. The number of amides is 1. The van der Waals surface area contributed by atoms with Crippen LogP contribution in [-0.4, -0.2) is 50.3 Å². The first kappa shape index (κ1) is 21.1. The number of sulfonamides is 1. The quantitative estimate of drug-likeness (QED) is 0.672. The second kappa shape index (κ2) is 8.80. The van der Waals surface area contributed by atoms with Gasteiger partial charge in [-0.2, -0.15) is 4.31 Å². The van der Waals surface area contributed by atoms with Gasteiger partial charge in [-0.25, -0.2) is 8.42 Å². The van der Waals surface area contributed by atoms with E-state index in [1.807, 2.05) is 0 Å². The van der Waals surface area contributed by atoms with E-state index < -0.39 is 16.1 Å². The molecule has 0 radical (unpaired) electrons. The largest absolute Gasteiger partial charge is 0.466 e. The Labute approximate surface area is 170 Å². The van der Waals surface area contributed by atoms with E-state index in [1.54, 1.807) is 6.92 Å². The lowest BCUT2D eigenvalue weighted by Gasteiger charge is -2.29. The van der Waals surface area contributed by atoms with E-state index in [-0.39, 0.29) is 35.2 Å². The molecule has 0 bridgehead atoms. The van der Waals surface area contributed by atoms with Gasteiger partial charge < -0.3 is 10.1 Å². The number of esters is 1. The molecule has 1 aliphatic carbocycles. The molecular formula is C19H25ClN2O5S. The van der Waals surface area contributed by atoms with E-state index in [1.165, 1.54) is 28.6 Å². The Morgan fingerprint density at radius 3 is 2.68 bits per heavy atom. The molecule has 2 aliphatic rings. The summed E-state index contributed by atoms with van der Waals surface area (Å²) in [6.45, 7) is 2.69. The van der Waals surface area contributed by atoms with E-state index >= 15 is 0 Å². The molecule has 1 aromatic carbocycles. The van der Waals surface area contributed by atoms with Crippen molar-refractivity contribution >= 4 is 33.5 Å². The van der Waals surface area contributed by atoms with Gasteiger partial charge in [-0.15, -0.1) is 0 Å². The van der Waals surface area contributed by atoms with Crippen molar-refractivity contribution in [3.8, 4) is 0 Å². The Hall–Kier alpha value is -1.64. The number of ether oxygens (including phenoxy) is 1. The molecular weight excluding hydrogens is 404 g/mol. The number of nitrogens with one attached hydrogen (secondary N) is 1. The van der Waals surface area contributed by atoms with Crippen LogP contribution in [-0.2, 0) is 24.3 Å². The van der Waals surface area contributed by atoms with Gasteiger partial charge in [0.25, 0.3) is 0 Å². The highest BCUT2D eigenvalue weighted by molar-refractivity contribution is 7.89. The molecule has 1 saturated carbocycles. The van der Waals surface area contributed by atoms with Crippen molar-refractivity contribution in [2.24, 2.45) is 11.8 Å². The molecule has 2 fully saturated rings. The fourth-order valence-electron chi connectivity index (χ4n) is 3.55. The third-order valence-corrected chi connectivity index (χ3v) is 7.34. The normalized spacial score (nSPS) is 25.1. The number of hydrogen-bond acceptors (Lipinski definition) is 5. The maximum absolute atomic E-state index is 13.4. The van der Waals surface area contributed by atoms with Gasteiger partial charge >= 0.3 is 5.97 Å². The topological polar surface area (TPSA) is 92.8 Å². The Morgan fingerprint density at radius 1 is 1.29 bits per heavy atom. The molecule has 1 amide bonds. The highest BCUT2D eigenvalue weighted by atomic mass is 35.5. The lowest BCUT2D eigenvalue weighted by atomic mass is 10.1. The van der Waals surface area contributed by atoms with Gasteiger partial charge in [-0.3, -0.25) is 9.59 Å². The smallest absolute Gasteiger partial charge is 0.309 e. The van der Waals surface area contributed by atoms with Crippen LogP contribution in [0.5, 0.6) is 0 Å². The van der Waals surface area contributed by atoms with E-state index in [0.717, 1.165) is 12.8 Å². The van der Waals surface area contributed by atoms with Crippen molar-refractivity contribution in [2.75, 3.05) is 19.7 Å². The summed E-state index contributed by atoms with van der Waals surface area (Å²) >= 11 is 5.89. The number of hydrogen-bond donors (Lipinski definition) is 1. The van der Waals surface area contributed by atoms with Crippen LogP contribution in [0.1, 0.15) is 32.6 Å². The molecule has 3 rings (SSSR count). The van der Waals surface area contributed by atoms with E-state index in [4.69, 9.17) is 16.3 Å². The van der Waals surface area contributed by atoms with Gasteiger partial charge in [0, 0.05) is 18.1 Å². The third kappa shape index (κ3) is 4.67. The van der Waals surface area contributed by atoms with Crippen molar-refractivity contribution in [2.45, 2.75) is 43.5 Å². The summed E-state index contributed by atoms with van der Waals surface area (Å²) in [4.78, 5) is 24.6. The highest BCUT2D eigenvalue weighted by Crippen LogP contribution is 2.41. The first-order valence-electron chi connectivity index (χ1n) is 9.56. The molecule has 9 heteroatoms. The molecule has 28 heavy (non-hydrogen) atoms. The molecule has 1 heterocycles. The molecule has 2 unspecified atom stereocenters. The van der Waals surface area contributed by atoms with Gasteiger partial charge in [0.15, 0.2) is 0 Å². The van der Waals surface area contributed by atoms with Crippen LogP contribution in [0, 0.1) is 11.8 Å². The average Bonchev–Trinajstić information content (AvgIpc) is 3.45. The molecule has 7 nitrogen and oxygen atoms in total. The first-order chi connectivity index (χ1) is 13.3. The van der Waals surface area contributed by atoms with Crippen LogP contribution >= 0.6 is 11.6 Å². The van der Waals surface area contributed by atoms with E-state index in [2.05, 4.69) is 5.32 Å². The summed E-state index contributed by atoms with van der Waals surface area (Å²) in [6.07, 6.45) is 2.59. The average molecular weight is 429 g/mol. The molecule has 3 atom stereocenters. The zero-order chi connectivity index (χ0) is 20.3. The number of rotatable bonds is 7. The molecule has 0 aromatic heterocycles. The molecule has 0 spiro atoms. The van der Waals surface area contributed by atoms with Crippen molar-refractivity contribution in [3.05, 3.63) is 29.3 Å². The first-order valence-corrected chi connectivity index (χ1v) is 11.4. The van der Waals surface area contributed by atoms with Gasteiger partial charge in [0.1, 0.15) is 6.04 Å². The minimum absolute atomic E-state index is 0.0854. The van der Waals surface area contributed by atoms with Crippen LogP contribution in [0.2, 0.25) is 5.02 Å². The van der Waals surface area contributed by atoms with Gasteiger partial charge in [-0.1, -0.05) is 11.6 Å². The van der Waals surface area contributed by atoms with Crippen LogP contribution in [0.4, 0.5) is 0 Å². The fourth-order valence-corrected chi connectivity index (χ4v) is 5.35. The Morgan fingerprint density at radius 2 is 2.00 bits per heavy atom. The van der Waals surface area contributed by atoms with Gasteiger partial charge in [0.2, 0.25) is 15.9 Å². The SMILES string of the molecule is CCOC(=O)C1CC1CN([C@@H]1CCCCNC1=O)S(=O)(=O)c1ccc(Cl)cc1. The van der Waals surface area contributed by atoms with Crippen LogP contribution in [0.15, 0.2) is 29.2 Å². The highest BCUT2D eigenvalue weighted by Gasteiger charge is 2.48. The lowest BCUT2D eigenvalue weighted by molar-refractivity contribution is -0.145. The Bertz CT molecular complexity index is 827. The monoisotopic (exact) mass is 428 g/mol. The minimum Gasteiger partial charge on any atom is -0.466 e. The van der Waals surface area contributed by atoms with Crippen molar-refractivity contribution in [1.82, 2.24) is 9.62 Å². The molecule has 1 aromatic rings. The van der Waals surface area contributed by atoms with E-state index in [0.29, 0.717) is 31.0 Å². The summed E-state index contributed by atoms with van der Waals surface area (Å²) in [7, 11) is -3.92. The number of carbonyl (C=O) groups is 2. The van der Waals surface area contributed by atoms with Gasteiger partial charge in [-0.05, 0) is 62.8 Å². The summed E-state index contributed by atoms with van der Waals surface area (Å²) < 4.78 is 33.0. The number of halogens is 1. The molecule has 1 N–H and O–H groups in total.